The van der Waals surface area contributed by atoms with Gasteiger partial charge in [0.25, 0.3) is 5.91 Å². The largest absolute Gasteiger partial charge is 0.365 e. The smallest absolute Gasteiger partial charge is 0.289 e. The van der Waals surface area contributed by atoms with Crippen molar-refractivity contribution in [2.45, 2.75) is 44.3 Å². The van der Waals surface area contributed by atoms with Gasteiger partial charge in [-0.05, 0) is 48.7 Å². The number of amidine groups is 1. The summed E-state index contributed by atoms with van der Waals surface area (Å²) in [6.45, 7) is 0.150. The Labute approximate surface area is 249 Å². The lowest BCUT2D eigenvalue weighted by atomic mass is 9.90. The molecule has 1 fully saturated rings. The van der Waals surface area contributed by atoms with Gasteiger partial charge in [0.15, 0.2) is 0 Å². The zero-order valence-corrected chi connectivity index (χ0v) is 23.9. The van der Waals surface area contributed by atoms with Gasteiger partial charge in [-0.3, -0.25) is 10.2 Å². The predicted octanol–water partition coefficient (Wildman–Crippen LogP) is 6.53. The fourth-order valence-electron chi connectivity index (χ4n) is 4.75. The number of anilines is 1. The zero-order chi connectivity index (χ0) is 26.5. The summed E-state index contributed by atoms with van der Waals surface area (Å²) in [5, 5.41) is 19.5. The van der Waals surface area contributed by atoms with E-state index < -0.39 is 5.91 Å². The van der Waals surface area contributed by atoms with Crippen molar-refractivity contribution in [2.75, 3.05) is 5.32 Å². The maximum Gasteiger partial charge on any atom is 0.289 e. The Balaban J connectivity index is 0.00000220. The second-order valence-electron chi connectivity index (χ2n) is 9.40. The Hall–Kier alpha value is -3.46. The average Bonchev–Trinajstić information content (AvgIpc) is 2.93. The van der Waals surface area contributed by atoms with E-state index in [0.717, 1.165) is 31.2 Å². The first-order valence-electron chi connectivity index (χ1n) is 12.6. The quantitative estimate of drug-likeness (QED) is 0.142. The maximum absolute atomic E-state index is 13.5. The summed E-state index contributed by atoms with van der Waals surface area (Å²) >= 11 is 6.30. The average molecular weight is 604 g/mol. The molecule has 1 aromatic heterocycles. The highest BCUT2D eigenvalue weighted by Gasteiger charge is 2.27. The van der Waals surface area contributed by atoms with E-state index in [0.29, 0.717) is 33.1 Å². The highest BCUT2D eigenvalue weighted by molar-refractivity contribution is 6.31. The highest BCUT2D eigenvalue weighted by Crippen LogP contribution is 2.28. The lowest BCUT2D eigenvalue weighted by Crippen LogP contribution is -2.48. The van der Waals surface area contributed by atoms with Crippen LogP contribution in [0.5, 0.6) is 0 Å². The minimum Gasteiger partial charge on any atom is -0.365 e. The predicted molar refractivity (Wildman–Crippen MR) is 163 cm³/mol. The van der Waals surface area contributed by atoms with Gasteiger partial charge in [0.1, 0.15) is 17.5 Å². The summed E-state index contributed by atoms with van der Waals surface area (Å²) in [4.78, 5) is 22.1. The fourth-order valence-corrected chi connectivity index (χ4v) is 4.92. The van der Waals surface area contributed by atoms with E-state index in [1.807, 2.05) is 30.3 Å². The van der Waals surface area contributed by atoms with Crippen molar-refractivity contribution < 1.29 is 9.18 Å². The SMILES string of the molecule is Cl.Cl.N=C(N[C@@H]1CCCC[C@@H]1Nc1nc(C(=O)NCc2cccc(F)c2)nc2ccc(Cl)cc12)c1ccccc1. The van der Waals surface area contributed by atoms with Gasteiger partial charge in [0.2, 0.25) is 5.82 Å². The third-order valence-corrected chi connectivity index (χ3v) is 6.92. The van der Waals surface area contributed by atoms with Gasteiger partial charge < -0.3 is 16.0 Å². The first-order valence-corrected chi connectivity index (χ1v) is 13.0. The van der Waals surface area contributed by atoms with E-state index in [9.17, 15) is 9.18 Å². The molecular weight excluding hydrogens is 574 g/mol. The van der Waals surface area contributed by atoms with Crippen molar-refractivity contribution in [3.63, 3.8) is 0 Å². The first-order chi connectivity index (χ1) is 18.5. The van der Waals surface area contributed by atoms with Crippen LogP contribution in [0.25, 0.3) is 10.9 Å². The summed E-state index contributed by atoms with van der Waals surface area (Å²) in [6.07, 6.45) is 3.88. The molecule has 4 N–H and O–H groups in total. The number of nitrogens with zero attached hydrogens (tertiary/aromatic N) is 2. The van der Waals surface area contributed by atoms with Crippen LogP contribution in [0.1, 0.15) is 47.4 Å². The van der Waals surface area contributed by atoms with Gasteiger partial charge in [-0.15, -0.1) is 24.8 Å². The molecule has 3 aromatic carbocycles. The Kier molecular flexibility index (Phi) is 11.1. The molecule has 0 aliphatic heterocycles. The topological polar surface area (TPSA) is 103 Å². The molecule has 5 rings (SSSR count). The Morgan fingerprint density at radius 3 is 2.45 bits per heavy atom. The second kappa shape index (κ2) is 14.3. The zero-order valence-electron chi connectivity index (χ0n) is 21.5. The molecule has 210 valence electrons. The third-order valence-electron chi connectivity index (χ3n) is 6.68. The molecule has 40 heavy (non-hydrogen) atoms. The Bertz CT molecular complexity index is 1470. The maximum atomic E-state index is 13.5. The number of rotatable bonds is 7. The van der Waals surface area contributed by atoms with Crippen molar-refractivity contribution in [3.8, 4) is 0 Å². The fraction of sp³-hybridized carbons (Fsp3) is 0.241. The summed E-state index contributed by atoms with van der Waals surface area (Å²) in [5.74, 6) is 0.0723. The number of carbonyl (C=O) groups is 1. The van der Waals surface area contributed by atoms with Crippen LogP contribution in [0.2, 0.25) is 5.02 Å². The molecule has 1 aliphatic rings. The van der Waals surface area contributed by atoms with Crippen LogP contribution in [-0.2, 0) is 6.54 Å². The molecule has 1 heterocycles. The van der Waals surface area contributed by atoms with Crippen LogP contribution in [0, 0.1) is 11.2 Å². The molecule has 1 aliphatic carbocycles. The van der Waals surface area contributed by atoms with Gasteiger partial charge in [0, 0.05) is 34.6 Å². The van der Waals surface area contributed by atoms with Crippen molar-refractivity contribution in [1.29, 1.82) is 5.41 Å². The van der Waals surface area contributed by atoms with Gasteiger partial charge in [-0.2, -0.15) is 0 Å². The number of hydrogen-bond acceptors (Lipinski definition) is 5. The van der Waals surface area contributed by atoms with Crippen LogP contribution in [0.4, 0.5) is 10.2 Å². The third kappa shape index (κ3) is 7.59. The lowest BCUT2D eigenvalue weighted by molar-refractivity contribution is 0.0941. The molecule has 1 amide bonds. The monoisotopic (exact) mass is 602 g/mol. The van der Waals surface area contributed by atoms with Gasteiger partial charge in [-0.1, -0.05) is 66.9 Å². The number of halogens is 4. The molecule has 0 bridgehead atoms. The van der Waals surface area contributed by atoms with Crippen molar-refractivity contribution in [2.24, 2.45) is 0 Å². The number of fused-ring (bicyclic) bond motifs is 1. The van der Waals surface area contributed by atoms with E-state index in [2.05, 4.69) is 25.9 Å². The molecule has 7 nitrogen and oxygen atoms in total. The molecular formula is C29H30Cl3FN6O. The van der Waals surface area contributed by atoms with Crippen LogP contribution in [-0.4, -0.2) is 33.8 Å². The summed E-state index contributed by atoms with van der Waals surface area (Å²) in [5.41, 5.74) is 2.05. The first kappa shape index (κ1) is 31.1. The van der Waals surface area contributed by atoms with Crippen LogP contribution >= 0.6 is 36.4 Å². The molecule has 0 unspecified atom stereocenters. The Morgan fingerprint density at radius 1 is 0.950 bits per heavy atom. The normalized spacial score (nSPS) is 16.2. The standard InChI is InChI=1S/C29H28ClFN6O.2ClH/c30-20-13-14-23-22(16-20)27(37-28(35-23)29(38)33-17-18-7-6-10-21(31)15-18)36-25-12-5-4-11-24(25)34-26(32)19-8-2-1-3-9-19;;/h1-3,6-10,13-16,24-25H,4-5,11-12,17H2,(H2,32,34)(H,33,38)(H,35,36,37);2*1H/t24-,25+;;/m1../s1. The number of amides is 1. The summed E-state index contributed by atoms with van der Waals surface area (Å²) in [7, 11) is 0. The lowest BCUT2D eigenvalue weighted by Gasteiger charge is -2.34. The number of aromatic nitrogens is 2. The van der Waals surface area contributed by atoms with E-state index in [-0.39, 0.29) is 55.1 Å². The number of nitrogens with one attached hydrogen (secondary N) is 4. The second-order valence-corrected chi connectivity index (χ2v) is 9.83. The van der Waals surface area contributed by atoms with E-state index in [4.69, 9.17) is 17.0 Å². The van der Waals surface area contributed by atoms with Crippen LogP contribution < -0.4 is 16.0 Å². The summed E-state index contributed by atoms with van der Waals surface area (Å²) < 4.78 is 13.5. The molecule has 0 radical (unpaired) electrons. The van der Waals surface area contributed by atoms with Crippen molar-refractivity contribution in [1.82, 2.24) is 20.6 Å². The van der Waals surface area contributed by atoms with Gasteiger partial charge >= 0.3 is 0 Å². The minimum absolute atomic E-state index is 0. The summed E-state index contributed by atoms with van der Waals surface area (Å²) in [6, 6.07) is 20.9. The molecule has 0 saturated heterocycles. The number of benzene rings is 3. The van der Waals surface area contributed by atoms with E-state index >= 15 is 0 Å². The highest BCUT2D eigenvalue weighted by atomic mass is 35.5. The molecule has 4 aromatic rings. The van der Waals surface area contributed by atoms with Gasteiger partial charge in [0.05, 0.1) is 5.52 Å². The Morgan fingerprint density at radius 2 is 1.70 bits per heavy atom. The van der Waals surface area contributed by atoms with Gasteiger partial charge in [-0.25, -0.2) is 14.4 Å². The molecule has 0 spiro atoms. The number of hydrogen-bond donors (Lipinski definition) is 4. The van der Waals surface area contributed by atoms with E-state index in [1.54, 1.807) is 30.3 Å². The van der Waals surface area contributed by atoms with E-state index in [1.165, 1.54) is 12.1 Å². The van der Waals surface area contributed by atoms with Crippen molar-refractivity contribution in [3.05, 3.63) is 101 Å². The van der Waals surface area contributed by atoms with Crippen molar-refractivity contribution >= 4 is 64.9 Å². The molecule has 2 atom stereocenters. The van der Waals surface area contributed by atoms with Crippen LogP contribution in [0.15, 0.2) is 72.8 Å². The molecule has 11 heteroatoms. The minimum atomic E-state index is -0.460. The molecule has 1 saturated carbocycles. The van der Waals surface area contributed by atoms with Crippen LogP contribution in [0.3, 0.4) is 0 Å². The number of carbonyl (C=O) groups excluding carboxylic acids is 1.